The Labute approximate surface area is 597 Å². The summed E-state index contributed by atoms with van der Waals surface area (Å²) in [6.07, 6.45) is 16.4. The molecule has 0 unspecified atom stereocenters. The second kappa shape index (κ2) is 38.4. The minimum Gasteiger partial charge on any atom is -0.469 e. The van der Waals surface area contributed by atoms with E-state index in [1.54, 1.807) is 86.1 Å². The number of imidazole rings is 3. The van der Waals surface area contributed by atoms with Crippen molar-refractivity contribution in [1.29, 1.82) is 0 Å². The van der Waals surface area contributed by atoms with Crippen molar-refractivity contribution in [2.24, 2.45) is 42.3 Å². The third-order valence-corrected chi connectivity index (χ3v) is 16.6. The van der Waals surface area contributed by atoms with Gasteiger partial charge in [0.1, 0.15) is 11.5 Å². The maximum absolute atomic E-state index is 13.5. The lowest BCUT2D eigenvalue weighted by Crippen LogP contribution is -3.05. The summed E-state index contributed by atoms with van der Waals surface area (Å²) in [5.41, 5.74) is 3.41. The third-order valence-electron chi connectivity index (χ3n) is 16.6. The number of esters is 1. The lowest BCUT2D eigenvalue weighted by molar-refractivity contribution is -0.858. The number of methoxy groups -OCH3 is 1. The first-order valence-corrected chi connectivity index (χ1v) is 34.1. The van der Waals surface area contributed by atoms with E-state index in [-0.39, 0.29) is 147 Å². The zero-order valence-electron chi connectivity index (χ0n) is 59.8. The van der Waals surface area contributed by atoms with Gasteiger partial charge in [-0.2, -0.15) is 0 Å². The van der Waals surface area contributed by atoms with E-state index in [0.717, 1.165) is 32.2 Å². The Bertz CT molecular complexity index is 4240. The van der Waals surface area contributed by atoms with E-state index in [9.17, 15) is 62.3 Å². The highest BCUT2D eigenvalue weighted by atomic mass is 16.5. The quantitative estimate of drug-likeness (QED) is 0.0143. The molecular weight excluding hydrogens is 1330 g/mol. The minimum atomic E-state index is -0.710. The number of unbranched alkanes of at least 4 members (excludes halogenated alkanes) is 4. The van der Waals surface area contributed by atoms with E-state index in [1.807, 2.05) is 0 Å². The van der Waals surface area contributed by atoms with E-state index < -0.39 is 41.4 Å². The Hall–Kier alpha value is -11.4. The van der Waals surface area contributed by atoms with Crippen LogP contribution in [0.4, 0.5) is 28.8 Å². The molecule has 0 aliphatic rings. The number of aryl methyl sites for hydroxylation is 6. The molecule has 0 saturated carbocycles. The van der Waals surface area contributed by atoms with E-state index in [1.165, 1.54) is 75.2 Å². The largest absolute Gasteiger partial charge is 0.469 e. The fraction of sp³-hybridized carbons (Fsp3) is 0.437. The molecule has 6 aromatic heterocycles. The number of Topliss-reactive ketones (excluding diaryl/α,β-unsaturated/α-hetero) is 4. The van der Waals surface area contributed by atoms with Crippen LogP contribution in [-0.2, 0) is 88.6 Å². The van der Waals surface area contributed by atoms with E-state index in [2.05, 4.69) is 76.3 Å². The Kier molecular flexibility index (Phi) is 29.4. The van der Waals surface area contributed by atoms with Crippen LogP contribution in [0, 0.1) is 0 Å². The normalized spacial score (nSPS) is 11.0. The van der Waals surface area contributed by atoms with Gasteiger partial charge in [0.05, 0.1) is 44.8 Å². The van der Waals surface area contributed by atoms with Gasteiger partial charge < -0.3 is 79.6 Å². The highest BCUT2D eigenvalue weighted by molar-refractivity contribution is 6.06. The molecule has 6 heterocycles. The molecular formula is C71H95N18O14+. The number of carbonyl (C=O) groups is 13. The molecule has 0 spiro atoms. The van der Waals surface area contributed by atoms with E-state index >= 15 is 0 Å². The predicted octanol–water partition coefficient (Wildman–Crippen LogP) is 4.61. The highest BCUT2D eigenvalue weighted by Gasteiger charge is 2.24. The summed E-state index contributed by atoms with van der Waals surface area (Å²) < 4.78 is 13.7. The molecule has 7 rings (SSSR count). The van der Waals surface area contributed by atoms with Gasteiger partial charge in [-0.15, -0.1) is 0 Å². The molecule has 552 valence electrons. The number of ether oxygens (including phenoxy) is 1. The molecule has 0 aliphatic heterocycles. The Balaban J connectivity index is 0.0000170. The van der Waals surface area contributed by atoms with Gasteiger partial charge in [-0.25, -0.2) is 15.0 Å². The smallest absolute Gasteiger partial charge is 0.305 e. The number of anilines is 5. The minimum absolute atomic E-state index is 0. The summed E-state index contributed by atoms with van der Waals surface area (Å²) in [4.78, 5) is 181. The summed E-state index contributed by atoms with van der Waals surface area (Å²) in [6.45, 7) is 1.12. The molecule has 9 N–H and O–H groups in total. The average molecular weight is 1420 g/mol. The first-order valence-electron chi connectivity index (χ1n) is 34.1. The molecule has 0 aliphatic carbocycles. The summed E-state index contributed by atoms with van der Waals surface area (Å²) >= 11 is 0. The molecule has 0 saturated heterocycles. The SMILES string of the molecule is COC(=O)CCCCCCC(=O)Nc1ccc(C(=O)NCCC(=O)NCCC(=O)Nc2cn(C)c(C(=O)Nc3cn(C)c(C(=O)Nc4cc(C(=O)NCCCC(=O)Nc5cn(C)c(C(=O)Cc6cc(C(=O)Cc7cc(C(=O)CCCC(=O)CCCC[NH+](C)C)n(C)c7)n(C)c6)n5)n(C)c4)n3)n2)cc1.[HH]. The van der Waals surface area contributed by atoms with Gasteiger partial charge in [0.25, 0.3) is 23.6 Å². The van der Waals surface area contributed by atoms with Crippen molar-refractivity contribution in [1.82, 2.24) is 58.3 Å². The van der Waals surface area contributed by atoms with Crippen LogP contribution in [0.25, 0.3) is 0 Å². The molecule has 0 radical (unpaired) electrons. The van der Waals surface area contributed by atoms with Crippen LogP contribution in [0.5, 0.6) is 0 Å². The number of nitrogens with one attached hydrogen (secondary N) is 9. The van der Waals surface area contributed by atoms with Crippen LogP contribution in [0.1, 0.15) is 189 Å². The number of ketones is 4. The van der Waals surface area contributed by atoms with Crippen molar-refractivity contribution in [2.75, 3.05) is 74.0 Å². The van der Waals surface area contributed by atoms with Crippen LogP contribution in [0.3, 0.4) is 0 Å². The Morgan fingerprint density at radius 3 is 1.52 bits per heavy atom. The van der Waals surface area contributed by atoms with Crippen LogP contribution in [0.15, 0.2) is 79.6 Å². The number of carbonyl (C=O) groups excluding carboxylic acids is 13. The summed E-state index contributed by atoms with van der Waals surface area (Å²) in [7, 11) is 15.3. The number of hydrogen-bond donors (Lipinski definition) is 9. The Morgan fingerprint density at radius 1 is 0.398 bits per heavy atom. The van der Waals surface area contributed by atoms with Crippen molar-refractivity contribution in [3.05, 3.63) is 131 Å². The summed E-state index contributed by atoms with van der Waals surface area (Å²) in [6, 6.07) is 11.1. The van der Waals surface area contributed by atoms with Crippen molar-refractivity contribution in [3.8, 4) is 0 Å². The Morgan fingerprint density at radius 2 is 0.893 bits per heavy atom. The molecule has 8 amide bonds. The van der Waals surface area contributed by atoms with Gasteiger partial charge in [0.2, 0.25) is 41.1 Å². The first kappa shape index (κ1) is 78.9. The van der Waals surface area contributed by atoms with Crippen molar-refractivity contribution < 1.29 is 73.4 Å². The van der Waals surface area contributed by atoms with E-state index in [4.69, 9.17) is 0 Å². The van der Waals surface area contributed by atoms with Gasteiger partial charge in [-0.1, -0.05) is 12.8 Å². The van der Waals surface area contributed by atoms with Crippen LogP contribution in [-0.4, -0.2) is 166 Å². The van der Waals surface area contributed by atoms with Crippen molar-refractivity contribution in [2.45, 2.75) is 116 Å². The second-order valence-electron chi connectivity index (χ2n) is 25.6. The monoisotopic (exact) mass is 1420 g/mol. The van der Waals surface area contributed by atoms with Crippen LogP contribution in [0.2, 0.25) is 0 Å². The lowest BCUT2D eigenvalue weighted by Gasteiger charge is -2.08. The maximum Gasteiger partial charge on any atom is 0.305 e. The number of benzene rings is 1. The average Bonchev–Trinajstić information content (AvgIpc) is 1.68. The number of amides is 8. The van der Waals surface area contributed by atoms with E-state index in [0.29, 0.717) is 78.7 Å². The molecule has 1 aromatic carbocycles. The summed E-state index contributed by atoms with van der Waals surface area (Å²) in [5, 5.41) is 21.4. The zero-order valence-corrected chi connectivity index (χ0v) is 59.8. The molecule has 103 heavy (non-hydrogen) atoms. The highest BCUT2D eigenvalue weighted by Crippen LogP contribution is 2.21. The van der Waals surface area contributed by atoms with Crippen molar-refractivity contribution >= 4 is 105 Å². The van der Waals surface area contributed by atoms with Gasteiger partial charge >= 0.3 is 5.97 Å². The van der Waals surface area contributed by atoms with Gasteiger partial charge in [-0.3, -0.25) is 62.3 Å². The van der Waals surface area contributed by atoms with Crippen LogP contribution < -0.4 is 47.4 Å². The standard InChI is InChI=1S/C71H92N18O14.H2/c1-83(2)33-15-14-18-50(90)19-16-20-54(91)51-34-45(39-84(51)3)36-55(92)52-35-46(40-85(52)4)37-56(93)65-79-57(42-87(65)6)77-62(96)22-17-30-73-69(100)53-38-49(41-86(53)5)76-70(101)66-81-59(44-89(66)8)82-71(102)67-80-58(43-88(67)7)78-63(97)29-31-72-60(94)28-32-74-68(99)47-24-26-48(27-25-47)75-61(95)21-12-10-11-13-23-64(98)103-9;/h24-27,34-35,38-44H,10-23,28-33,36-37H2,1-9H3,(H,72,94)(H,73,100)(H,74,99)(H,75,95)(H,76,101)(H,77,96)(H,78,97)(H,82,102);1H/p+1. The maximum atomic E-state index is 13.5. The second-order valence-corrected chi connectivity index (χ2v) is 25.6. The zero-order chi connectivity index (χ0) is 74.9. The van der Waals surface area contributed by atoms with Gasteiger partial charge in [0, 0.05) is 176 Å². The number of quaternary nitrogens is 1. The number of nitrogens with zero attached hydrogens (tertiary/aromatic N) is 9. The number of hydrogen-bond acceptors (Lipinski definition) is 17. The van der Waals surface area contributed by atoms with Crippen LogP contribution >= 0.6 is 0 Å². The molecule has 7 aromatic rings. The predicted molar refractivity (Wildman–Crippen MR) is 383 cm³/mol. The molecule has 0 atom stereocenters. The lowest BCUT2D eigenvalue weighted by atomic mass is 10.0. The third kappa shape index (κ3) is 24.7. The molecule has 32 nitrogen and oxygen atoms in total. The molecule has 0 bridgehead atoms. The fourth-order valence-corrected chi connectivity index (χ4v) is 11.2. The van der Waals surface area contributed by atoms with Gasteiger partial charge in [-0.05, 0) is 92.1 Å². The first-order chi connectivity index (χ1) is 49.1. The summed E-state index contributed by atoms with van der Waals surface area (Å²) in [5.74, 6) is -4.40. The van der Waals surface area contributed by atoms with Crippen molar-refractivity contribution in [3.63, 3.8) is 0 Å². The number of rotatable bonds is 42. The fourth-order valence-electron chi connectivity index (χ4n) is 11.2. The molecule has 0 fully saturated rings. The van der Waals surface area contributed by atoms with Gasteiger partial charge in [0.15, 0.2) is 34.8 Å². The topological polar surface area (TPSA) is 400 Å². The molecule has 32 heteroatoms. The number of aromatic nitrogens is 9.